The van der Waals surface area contributed by atoms with Crippen molar-refractivity contribution < 1.29 is 9.53 Å². The monoisotopic (exact) mass is 322 g/mol. The fraction of sp³-hybridized carbons (Fsp3) is 0.400. The van der Waals surface area contributed by atoms with E-state index < -0.39 is 0 Å². The summed E-state index contributed by atoms with van der Waals surface area (Å²) < 4.78 is 5.75. The maximum Gasteiger partial charge on any atom is 0.410 e. The summed E-state index contributed by atoms with van der Waals surface area (Å²) in [6.07, 6.45) is 9.06. The van der Waals surface area contributed by atoms with Crippen LogP contribution in [0.15, 0.2) is 48.8 Å². The molecule has 2 heterocycles. The number of carbonyl (C=O) groups excluding carboxylic acids is 1. The van der Waals surface area contributed by atoms with Crippen LogP contribution in [0.25, 0.3) is 11.1 Å². The number of aromatic nitrogens is 1. The number of amides is 1. The molecule has 4 rings (SSSR count). The molecular weight excluding hydrogens is 300 g/mol. The van der Waals surface area contributed by atoms with E-state index in [-0.39, 0.29) is 11.7 Å². The van der Waals surface area contributed by atoms with Crippen molar-refractivity contribution in [1.82, 2.24) is 9.88 Å². The zero-order chi connectivity index (χ0) is 16.4. The molecule has 24 heavy (non-hydrogen) atoms. The molecule has 1 spiro atoms. The highest BCUT2D eigenvalue weighted by molar-refractivity contribution is 5.71. The Morgan fingerprint density at radius 2 is 1.62 bits per heavy atom. The Labute approximate surface area is 142 Å². The van der Waals surface area contributed by atoms with Crippen molar-refractivity contribution in [2.45, 2.75) is 44.2 Å². The molecule has 2 fully saturated rings. The molecule has 0 atom stereocenters. The first-order valence-electron chi connectivity index (χ1n) is 8.71. The van der Waals surface area contributed by atoms with E-state index in [1.165, 1.54) is 19.3 Å². The molecule has 4 nitrogen and oxygen atoms in total. The highest BCUT2D eigenvalue weighted by Crippen LogP contribution is 2.37. The van der Waals surface area contributed by atoms with Gasteiger partial charge in [0.15, 0.2) is 0 Å². The zero-order valence-corrected chi connectivity index (χ0v) is 13.8. The minimum Gasteiger partial charge on any atom is -0.441 e. The molecule has 2 aliphatic rings. The third-order valence-electron chi connectivity index (χ3n) is 5.15. The summed E-state index contributed by atoms with van der Waals surface area (Å²) in [5, 5.41) is 0. The van der Waals surface area contributed by atoms with Crippen LogP contribution >= 0.6 is 0 Å². The van der Waals surface area contributed by atoms with Gasteiger partial charge >= 0.3 is 6.09 Å². The molecule has 1 aromatic carbocycles. The number of rotatable bonds is 3. The van der Waals surface area contributed by atoms with Crippen LogP contribution in [0.2, 0.25) is 0 Å². The number of hydrogen-bond donors (Lipinski definition) is 0. The van der Waals surface area contributed by atoms with Gasteiger partial charge in [0, 0.05) is 18.9 Å². The highest BCUT2D eigenvalue weighted by atomic mass is 16.6. The predicted molar refractivity (Wildman–Crippen MR) is 92.4 cm³/mol. The largest absolute Gasteiger partial charge is 0.441 e. The second-order valence-corrected chi connectivity index (χ2v) is 6.90. The summed E-state index contributed by atoms with van der Waals surface area (Å²) in [4.78, 5) is 18.1. The fourth-order valence-electron chi connectivity index (χ4n) is 3.84. The van der Waals surface area contributed by atoms with Crippen LogP contribution in [0.5, 0.6) is 0 Å². The van der Waals surface area contributed by atoms with E-state index in [0.29, 0.717) is 6.54 Å². The molecule has 1 aromatic heterocycles. The lowest BCUT2D eigenvalue weighted by Gasteiger charge is -2.30. The molecule has 1 saturated heterocycles. The molecule has 4 heteroatoms. The van der Waals surface area contributed by atoms with E-state index in [4.69, 9.17) is 4.74 Å². The van der Waals surface area contributed by atoms with Crippen LogP contribution in [0.3, 0.4) is 0 Å². The highest BCUT2D eigenvalue weighted by Gasteiger charge is 2.45. The first kappa shape index (κ1) is 15.2. The molecular formula is C20H22N2O2. The van der Waals surface area contributed by atoms with Gasteiger partial charge in [-0.3, -0.25) is 9.88 Å². The molecule has 1 aliphatic carbocycles. The number of pyridine rings is 1. The quantitative estimate of drug-likeness (QED) is 0.841. The zero-order valence-electron chi connectivity index (χ0n) is 13.8. The van der Waals surface area contributed by atoms with Gasteiger partial charge in [0.05, 0.1) is 6.54 Å². The first-order valence-corrected chi connectivity index (χ1v) is 8.71. The van der Waals surface area contributed by atoms with Crippen molar-refractivity contribution in [3.05, 3.63) is 54.4 Å². The van der Waals surface area contributed by atoms with Crippen molar-refractivity contribution in [2.75, 3.05) is 6.54 Å². The normalized spacial score (nSPS) is 19.5. The summed E-state index contributed by atoms with van der Waals surface area (Å²) in [7, 11) is 0. The Bertz CT molecular complexity index is 706. The molecule has 124 valence electrons. The van der Waals surface area contributed by atoms with E-state index in [9.17, 15) is 4.79 Å². The maximum absolute atomic E-state index is 12.2. The van der Waals surface area contributed by atoms with Gasteiger partial charge < -0.3 is 4.74 Å². The molecule has 1 amide bonds. The average molecular weight is 322 g/mol. The summed E-state index contributed by atoms with van der Waals surface area (Å²) in [5.41, 5.74) is 3.23. The summed E-state index contributed by atoms with van der Waals surface area (Å²) >= 11 is 0. The van der Waals surface area contributed by atoms with E-state index in [1.807, 2.05) is 17.0 Å². The van der Waals surface area contributed by atoms with E-state index in [1.54, 1.807) is 12.4 Å². The van der Waals surface area contributed by atoms with Crippen molar-refractivity contribution in [2.24, 2.45) is 0 Å². The number of nitrogens with zero attached hydrogens (tertiary/aromatic N) is 2. The fourth-order valence-corrected chi connectivity index (χ4v) is 3.84. The third-order valence-corrected chi connectivity index (χ3v) is 5.15. The summed E-state index contributed by atoms with van der Waals surface area (Å²) in [6, 6.07) is 12.4. The summed E-state index contributed by atoms with van der Waals surface area (Å²) in [6.45, 7) is 1.36. The Morgan fingerprint density at radius 3 is 2.33 bits per heavy atom. The SMILES string of the molecule is O=C1OC2(CCCCC2)CN1Cc1ccc(-c2ccncc2)cc1. The molecule has 2 aromatic rings. The van der Waals surface area contributed by atoms with Gasteiger partial charge in [-0.1, -0.05) is 30.7 Å². The number of carbonyl (C=O) groups is 1. The minimum atomic E-state index is -0.216. The standard InChI is InChI=1S/C20H22N2O2/c23-19-22(15-20(24-19)10-2-1-3-11-20)14-16-4-6-17(7-5-16)18-8-12-21-13-9-18/h4-9,12-13H,1-3,10-11,14-15H2. The van der Waals surface area contributed by atoms with Crippen molar-refractivity contribution in [1.29, 1.82) is 0 Å². The average Bonchev–Trinajstić information content (AvgIpc) is 2.91. The molecule has 1 aliphatic heterocycles. The first-order chi connectivity index (χ1) is 11.7. The van der Waals surface area contributed by atoms with Gasteiger partial charge in [-0.25, -0.2) is 4.79 Å². The topological polar surface area (TPSA) is 42.4 Å². The lowest BCUT2D eigenvalue weighted by molar-refractivity contribution is 0.0260. The second-order valence-electron chi connectivity index (χ2n) is 6.90. The van der Waals surface area contributed by atoms with E-state index in [2.05, 4.69) is 29.2 Å². The van der Waals surface area contributed by atoms with Crippen molar-refractivity contribution >= 4 is 6.09 Å². The van der Waals surface area contributed by atoms with Gasteiger partial charge in [-0.2, -0.15) is 0 Å². The lowest BCUT2D eigenvalue weighted by atomic mass is 9.85. The van der Waals surface area contributed by atoms with Crippen LogP contribution in [0, 0.1) is 0 Å². The molecule has 1 saturated carbocycles. The second kappa shape index (κ2) is 6.27. The van der Waals surface area contributed by atoms with Crippen LogP contribution in [0.1, 0.15) is 37.7 Å². The molecule has 0 bridgehead atoms. The van der Waals surface area contributed by atoms with E-state index >= 15 is 0 Å². The summed E-state index contributed by atoms with van der Waals surface area (Å²) in [5.74, 6) is 0. The van der Waals surface area contributed by atoms with Gasteiger partial charge in [-0.15, -0.1) is 0 Å². The maximum atomic E-state index is 12.2. The predicted octanol–water partition coefficient (Wildman–Crippen LogP) is 4.40. The van der Waals surface area contributed by atoms with E-state index in [0.717, 1.165) is 36.1 Å². The number of hydrogen-bond acceptors (Lipinski definition) is 3. The third kappa shape index (κ3) is 3.01. The smallest absolute Gasteiger partial charge is 0.410 e. The Hall–Kier alpha value is -2.36. The lowest BCUT2D eigenvalue weighted by Crippen LogP contribution is -2.36. The van der Waals surface area contributed by atoms with Gasteiger partial charge in [0.25, 0.3) is 0 Å². The molecule has 0 radical (unpaired) electrons. The molecule has 0 N–H and O–H groups in total. The van der Waals surface area contributed by atoms with Crippen LogP contribution in [0.4, 0.5) is 4.79 Å². The number of ether oxygens (including phenoxy) is 1. The van der Waals surface area contributed by atoms with Crippen molar-refractivity contribution in [3.63, 3.8) is 0 Å². The molecule has 0 unspecified atom stereocenters. The Kier molecular flexibility index (Phi) is 3.97. The number of benzene rings is 1. The van der Waals surface area contributed by atoms with Crippen LogP contribution < -0.4 is 0 Å². The van der Waals surface area contributed by atoms with Crippen molar-refractivity contribution in [3.8, 4) is 11.1 Å². The Balaban J connectivity index is 1.45. The minimum absolute atomic E-state index is 0.157. The Morgan fingerprint density at radius 1 is 0.958 bits per heavy atom. The van der Waals surface area contributed by atoms with Crippen LogP contribution in [-0.2, 0) is 11.3 Å². The van der Waals surface area contributed by atoms with Gasteiger partial charge in [-0.05, 0) is 54.5 Å². The van der Waals surface area contributed by atoms with Gasteiger partial charge in [0.2, 0.25) is 0 Å². The van der Waals surface area contributed by atoms with Crippen LogP contribution in [-0.4, -0.2) is 28.1 Å². The van der Waals surface area contributed by atoms with Gasteiger partial charge in [0.1, 0.15) is 5.60 Å².